The van der Waals surface area contributed by atoms with Gasteiger partial charge in [-0.05, 0) is 36.4 Å². The molecule has 0 N–H and O–H groups in total. The van der Waals surface area contributed by atoms with Crippen LogP contribution in [-0.4, -0.2) is 67.1 Å². The van der Waals surface area contributed by atoms with Crippen molar-refractivity contribution in [2.24, 2.45) is 0 Å². The maximum atomic E-state index is 13.3. The number of nitrogens with zero attached hydrogens (tertiary/aromatic N) is 5. The Morgan fingerprint density at radius 2 is 1.82 bits per heavy atom. The Balaban J connectivity index is 1.40. The summed E-state index contributed by atoms with van der Waals surface area (Å²) in [6, 6.07) is 19.2. The predicted molar refractivity (Wildman–Crippen MR) is 131 cm³/mol. The number of nitro groups is 1. The SMILES string of the molecule is COc1cccc(N2CCN(CCN(C(=O)c3ccc([N+](=O)[O-])cc3)c3ccccn3)CC2)c1. The Morgan fingerprint density at radius 1 is 1.06 bits per heavy atom. The van der Waals surface area contributed by atoms with Crippen molar-refractivity contribution in [1.82, 2.24) is 9.88 Å². The van der Waals surface area contributed by atoms with Gasteiger partial charge in [0.2, 0.25) is 0 Å². The van der Waals surface area contributed by atoms with Gasteiger partial charge in [0.1, 0.15) is 11.6 Å². The highest BCUT2D eigenvalue weighted by atomic mass is 16.6. The van der Waals surface area contributed by atoms with E-state index in [1.54, 1.807) is 30.3 Å². The van der Waals surface area contributed by atoms with Gasteiger partial charge in [0.15, 0.2) is 0 Å². The van der Waals surface area contributed by atoms with Crippen LogP contribution in [0.2, 0.25) is 0 Å². The van der Waals surface area contributed by atoms with Crippen LogP contribution in [0.3, 0.4) is 0 Å². The van der Waals surface area contributed by atoms with Gasteiger partial charge in [-0.25, -0.2) is 4.98 Å². The average Bonchev–Trinajstić information content (AvgIpc) is 2.89. The molecule has 0 spiro atoms. The summed E-state index contributed by atoms with van der Waals surface area (Å²) in [4.78, 5) is 34.4. The monoisotopic (exact) mass is 461 g/mol. The first-order valence-corrected chi connectivity index (χ1v) is 11.1. The maximum absolute atomic E-state index is 13.3. The molecular formula is C25H27N5O4. The molecule has 0 atom stereocenters. The van der Waals surface area contributed by atoms with Crippen LogP contribution in [0.25, 0.3) is 0 Å². The molecule has 1 aliphatic heterocycles. The number of aromatic nitrogens is 1. The van der Waals surface area contributed by atoms with Crippen LogP contribution in [-0.2, 0) is 0 Å². The normalized spacial score (nSPS) is 14.0. The Morgan fingerprint density at radius 3 is 2.47 bits per heavy atom. The molecule has 9 nitrogen and oxygen atoms in total. The Labute approximate surface area is 198 Å². The topological polar surface area (TPSA) is 92.0 Å². The highest BCUT2D eigenvalue weighted by molar-refractivity contribution is 6.05. The molecule has 1 amide bonds. The van der Waals surface area contributed by atoms with E-state index in [0.29, 0.717) is 24.5 Å². The zero-order chi connectivity index (χ0) is 23.9. The number of methoxy groups -OCH3 is 1. The van der Waals surface area contributed by atoms with E-state index in [9.17, 15) is 14.9 Å². The van der Waals surface area contributed by atoms with E-state index < -0.39 is 4.92 Å². The minimum Gasteiger partial charge on any atom is -0.497 e. The lowest BCUT2D eigenvalue weighted by molar-refractivity contribution is -0.384. The van der Waals surface area contributed by atoms with Gasteiger partial charge in [-0.2, -0.15) is 0 Å². The third-order valence-corrected chi connectivity index (χ3v) is 5.93. The molecule has 0 aliphatic carbocycles. The molecule has 2 aromatic carbocycles. The predicted octanol–water partition coefficient (Wildman–Crippen LogP) is 3.47. The third-order valence-electron chi connectivity index (χ3n) is 5.93. The molecule has 1 aromatic heterocycles. The number of hydrogen-bond donors (Lipinski definition) is 0. The molecule has 1 aliphatic rings. The number of piperazine rings is 1. The van der Waals surface area contributed by atoms with Crippen LogP contribution in [0, 0.1) is 10.1 Å². The summed E-state index contributed by atoms with van der Waals surface area (Å²) < 4.78 is 5.34. The summed E-state index contributed by atoms with van der Waals surface area (Å²) in [6.45, 7) is 4.67. The molecule has 0 saturated carbocycles. The minimum atomic E-state index is -0.476. The van der Waals surface area contributed by atoms with Crippen LogP contribution in [0.4, 0.5) is 17.2 Å². The fourth-order valence-electron chi connectivity index (χ4n) is 3.99. The molecule has 1 saturated heterocycles. The smallest absolute Gasteiger partial charge is 0.269 e. The van der Waals surface area contributed by atoms with Gasteiger partial charge in [0.25, 0.3) is 11.6 Å². The zero-order valence-electron chi connectivity index (χ0n) is 19.0. The number of hydrogen-bond acceptors (Lipinski definition) is 7. The highest BCUT2D eigenvalue weighted by Crippen LogP contribution is 2.22. The van der Waals surface area contributed by atoms with Crippen molar-refractivity contribution >= 4 is 23.1 Å². The lowest BCUT2D eigenvalue weighted by Gasteiger charge is -2.37. The van der Waals surface area contributed by atoms with Crippen molar-refractivity contribution in [3.05, 3.63) is 88.6 Å². The summed E-state index contributed by atoms with van der Waals surface area (Å²) in [6.07, 6.45) is 1.65. The fourth-order valence-corrected chi connectivity index (χ4v) is 3.99. The molecule has 2 heterocycles. The van der Waals surface area contributed by atoms with Crippen LogP contribution in [0.15, 0.2) is 72.9 Å². The van der Waals surface area contributed by atoms with Crippen molar-refractivity contribution in [3.8, 4) is 5.75 Å². The molecule has 34 heavy (non-hydrogen) atoms. The minimum absolute atomic E-state index is 0.0464. The van der Waals surface area contributed by atoms with Gasteiger partial charge in [0, 0.05) is 74.9 Å². The Hall–Kier alpha value is -3.98. The second-order valence-electron chi connectivity index (χ2n) is 7.98. The molecule has 9 heteroatoms. The summed E-state index contributed by atoms with van der Waals surface area (Å²) in [5.41, 5.74) is 1.48. The van der Waals surface area contributed by atoms with Gasteiger partial charge in [0.05, 0.1) is 12.0 Å². The van der Waals surface area contributed by atoms with Crippen molar-refractivity contribution in [2.75, 3.05) is 56.2 Å². The zero-order valence-corrected chi connectivity index (χ0v) is 19.0. The largest absolute Gasteiger partial charge is 0.497 e. The molecule has 4 rings (SSSR count). The van der Waals surface area contributed by atoms with Gasteiger partial charge < -0.3 is 9.64 Å². The van der Waals surface area contributed by atoms with E-state index in [0.717, 1.165) is 37.6 Å². The van der Waals surface area contributed by atoms with Crippen LogP contribution < -0.4 is 14.5 Å². The van der Waals surface area contributed by atoms with E-state index in [1.807, 2.05) is 24.3 Å². The number of non-ortho nitro benzene ring substituents is 1. The highest BCUT2D eigenvalue weighted by Gasteiger charge is 2.23. The molecule has 176 valence electrons. The number of pyridine rings is 1. The van der Waals surface area contributed by atoms with Crippen LogP contribution >= 0.6 is 0 Å². The second kappa shape index (κ2) is 10.8. The number of nitro benzene ring substituents is 1. The number of amides is 1. The van der Waals surface area contributed by atoms with E-state index in [1.165, 1.54) is 24.3 Å². The quantitative estimate of drug-likeness (QED) is 0.375. The molecule has 0 unspecified atom stereocenters. The van der Waals surface area contributed by atoms with Gasteiger partial charge in [-0.3, -0.25) is 24.7 Å². The van der Waals surface area contributed by atoms with E-state index in [4.69, 9.17) is 4.74 Å². The third kappa shape index (κ3) is 5.49. The number of rotatable bonds is 8. The van der Waals surface area contributed by atoms with Crippen molar-refractivity contribution in [2.45, 2.75) is 0 Å². The van der Waals surface area contributed by atoms with Crippen molar-refractivity contribution < 1.29 is 14.5 Å². The number of anilines is 2. The first-order valence-electron chi connectivity index (χ1n) is 11.1. The number of ether oxygens (including phenoxy) is 1. The number of carbonyl (C=O) groups excluding carboxylic acids is 1. The summed E-state index contributed by atoms with van der Waals surface area (Å²) in [7, 11) is 1.67. The average molecular weight is 462 g/mol. The van der Waals surface area contributed by atoms with Crippen LogP contribution in [0.1, 0.15) is 10.4 Å². The number of carbonyl (C=O) groups is 1. The first kappa shape index (κ1) is 23.2. The molecule has 3 aromatic rings. The molecular weight excluding hydrogens is 434 g/mol. The van der Waals surface area contributed by atoms with E-state index in [2.05, 4.69) is 20.9 Å². The molecule has 0 radical (unpaired) electrons. The lowest BCUT2D eigenvalue weighted by Crippen LogP contribution is -2.49. The number of benzene rings is 2. The standard InChI is InChI=1S/C25H27N5O4/c1-34-23-6-4-5-22(19-23)28-16-13-27(14-17-28)15-18-29(24-7-2-3-12-26-24)25(31)20-8-10-21(11-9-20)30(32)33/h2-12,19H,13-18H2,1H3. The van der Waals surface area contributed by atoms with Crippen molar-refractivity contribution in [1.29, 1.82) is 0 Å². The Kier molecular flexibility index (Phi) is 7.34. The van der Waals surface area contributed by atoms with Gasteiger partial charge in [-0.1, -0.05) is 12.1 Å². The van der Waals surface area contributed by atoms with E-state index >= 15 is 0 Å². The summed E-state index contributed by atoms with van der Waals surface area (Å²) in [5.74, 6) is 1.17. The van der Waals surface area contributed by atoms with Gasteiger partial charge >= 0.3 is 0 Å². The van der Waals surface area contributed by atoms with Crippen LogP contribution in [0.5, 0.6) is 5.75 Å². The lowest BCUT2D eigenvalue weighted by atomic mass is 10.1. The molecule has 1 fully saturated rings. The van der Waals surface area contributed by atoms with Crippen molar-refractivity contribution in [3.63, 3.8) is 0 Å². The summed E-state index contributed by atoms with van der Waals surface area (Å²) >= 11 is 0. The Bertz CT molecular complexity index is 1120. The van der Waals surface area contributed by atoms with E-state index in [-0.39, 0.29) is 11.6 Å². The van der Waals surface area contributed by atoms with Gasteiger partial charge in [-0.15, -0.1) is 0 Å². The second-order valence-corrected chi connectivity index (χ2v) is 7.98. The first-order chi connectivity index (χ1) is 16.5. The fraction of sp³-hybridized carbons (Fsp3) is 0.280. The summed E-state index contributed by atoms with van der Waals surface area (Å²) in [5, 5.41) is 10.9. The maximum Gasteiger partial charge on any atom is 0.269 e. The molecule has 0 bridgehead atoms.